The van der Waals surface area contributed by atoms with Gasteiger partial charge in [-0.3, -0.25) is 15.6 Å². The molecule has 0 bridgehead atoms. The third-order valence-electron chi connectivity index (χ3n) is 3.53. The first kappa shape index (κ1) is 15.0. The summed E-state index contributed by atoms with van der Waals surface area (Å²) in [5.74, 6) is 0. The van der Waals surface area contributed by atoms with Gasteiger partial charge in [-0.15, -0.1) is 11.6 Å². The number of aromatic nitrogens is 1. The Bertz CT molecular complexity index is 670. The Morgan fingerprint density at radius 1 is 1.32 bits per heavy atom. The maximum Gasteiger partial charge on any atom is 0.321 e. The lowest BCUT2D eigenvalue weighted by Crippen LogP contribution is -2.63. The largest absolute Gasteiger partial charge is 0.321 e. The first-order chi connectivity index (χ1) is 10.6. The summed E-state index contributed by atoms with van der Waals surface area (Å²) in [6.45, 7) is 2.03. The average Bonchev–Trinajstić information content (AvgIpc) is 2.45. The standard InChI is InChI=1S/C15H18ClN5O/c1-9-6-13(16)20-14(18-9)21-15(22)19-12-3-2-11-8-17-5-4-10(11)7-12/h2-5,7-9,13-14,18,20H,6H2,1H3,(H2,19,21,22). The van der Waals surface area contributed by atoms with Gasteiger partial charge < -0.3 is 10.6 Å². The summed E-state index contributed by atoms with van der Waals surface area (Å²) >= 11 is 6.09. The molecular formula is C15H18ClN5O. The third kappa shape index (κ3) is 3.65. The van der Waals surface area contributed by atoms with Gasteiger partial charge in [-0.2, -0.15) is 0 Å². The molecule has 1 aromatic carbocycles. The summed E-state index contributed by atoms with van der Waals surface area (Å²) in [4.78, 5) is 16.1. The number of halogens is 1. The summed E-state index contributed by atoms with van der Waals surface area (Å²) in [7, 11) is 0. The van der Waals surface area contributed by atoms with Gasteiger partial charge in [-0.1, -0.05) is 6.07 Å². The topological polar surface area (TPSA) is 78.1 Å². The highest BCUT2D eigenvalue weighted by Gasteiger charge is 2.24. The summed E-state index contributed by atoms with van der Waals surface area (Å²) in [6.07, 6.45) is 3.97. The molecule has 1 aliphatic heterocycles. The number of nitrogens with zero attached hydrogens (tertiary/aromatic N) is 1. The molecule has 116 valence electrons. The highest BCUT2D eigenvalue weighted by Crippen LogP contribution is 2.17. The van der Waals surface area contributed by atoms with E-state index in [1.807, 2.05) is 31.2 Å². The number of fused-ring (bicyclic) bond motifs is 1. The minimum atomic E-state index is -0.351. The molecule has 1 saturated heterocycles. The maximum atomic E-state index is 12.1. The minimum absolute atomic E-state index is 0.158. The van der Waals surface area contributed by atoms with Gasteiger partial charge in [0.2, 0.25) is 0 Å². The van der Waals surface area contributed by atoms with Crippen molar-refractivity contribution in [2.75, 3.05) is 5.32 Å². The molecule has 0 radical (unpaired) electrons. The fourth-order valence-electron chi connectivity index (χ4n) is 2.50. The van der Waals surface area contributed by atoms with Gasteiger partial charge >= 0.3 is 6.03 Å². The molecule has 1 fully saturated rings. The van der Waals surface area contributed by atoms with Crippen LogP contribution in [0.1, 0.15) is 13.3 Å². The van der Waals surface area contributed by atoms with E-state index in [2.05, 4.69) is 26.3 Å². The molecule has 0 spiro atoms. The third-order valence-corrected chi connectivity index (χ3v) is 3.84. The van der Waals surface area contributed by atoms with Crippen LogP contribution in [0.2, 0.25) is 0 Å². The zero-order valence-corrected chi connectivity index (χ0v) is 12.9. The van der Waals surface area contributed by atoms with Crippen LogP contribution < -0.4 is 21.3 Å². The van der Waals surface area contributed by atoms with Crippen molar-refractivity contribution in [3.63, 3.8) is 0 Å². The fourth-order valence-corrected chi connectivity index (χ4v) is 2.90. The number of nitrogens with one attached hydrogen (secondary N) is 4. The Balaban J connectivity index is 1.63. The molecule has 2 amide bonds. The first-order valence-electron chi connectivity index (χ1n) is 7.17. The van der Waals surface area contributed by atoms with Gasteiger partial charge in [0.15, 0.2) is 0 Å². The quantitative estimate of drug-likeness (QED) is 0.505. The monoisotopic (exact) mass is 319 g/mol. The average molecular weight is 320 g/mol. The lowest BCUT2D eigenvalue weighted by molar-refractivity contribution is 0.225. The van der Waals surface area contributed by atoms with Gasteiger partial charge in [0, 0.05) is 29.5 Å². The number of benzene rings is 1. The summed E-state index contributed by atoms with van der Waals surface area (Å²) in [5.41, 5.74) is 0.567. The van der Waals surface area contributed by atoms with E-state index < -0.39 is 0 Å². The Hall–Kier alpha value is -1.89. The Morgan fingerprint density at radius 3 is 3.00 bits per heavy atom. The molecule has 0 saturated carbocycles. The van der Waals surface area contributed by atoms with E-state index in [9.17, 15) is 4.79 Å². The van der Waals surface area contributed by atoms with E-state index in [1.54, 1.807) is 12.4 Å². The van der Waals surface area contributed by atoms with Crippen molar-refractivity contribution in [2.45, 2.75) is 31.2 Å². The lowest BCUT2D eigenvalue weighted by Gasteiger charge is -2.33. The van der Waals surface area contributed by atoms with Crippen LogP contribution in [0.15, 0.2) is 36.7 Å². The second-order valence-corrected chi connectivity index (χ2v) is 5.93. The molecule has 0 aliphatic carbocycles. The highest BCUT2D eigenvalue weighted by atomic mass is 35.5. The number of alkyl halides is 1. The number of hydrogen-bond acceptors (Lipinski definition) is 4. The molecule has 1 aromatic heterocycles. The molecule has 7 heteroatoms. The molecule has 3 rings (SSSR count). The van der Waals surface area contributed by atoms with Gasteiger partial charge in [0.25, 0.3) is 0 Å². The second-order valence-electron chi connectivity index (χ2n) is 5.41. The van der Waals surface area contributed by atoms with Crippen molar-refractivity contribution in [3.05, 3.63) is 36.7 Å². The van der Waals surface area contributed by atoms with E-state index in [4.69, 9.17) is 11.6 Å². The summed E-state index contributed by atoms with van der Waals surface area (Å²) < 4.78 is 0. The van der Waals surface area contributed by atoms with Crippen LogP contribution in [0.25, 0.3) is 10.8 Å². The number of amides is 2. The molecule has 6 nitrogen and oxygen atoms in total. The zero-order valence-electron chi connectivity index (χ0n) is 12.1. The van der Waals surface area contributed by atoms with Crippen LogP contribution in [-0.4, -0.2) is 28.8 Å². The fraction of sp³-hybridized carbons (Fsp3) is 0.333. The van der Waals surface area contributed by atoms with Crippen LogP contribution in [-0.2, 0) is 0 Å². The highest BCUT2D eigenvalue weighted by molar-refractivity contribution is 6.20. The van der Waals surface area contributed by atoms with E-state index in [0.717, 1.165) is 22.9 Å². The Morgan fingerprint density at radius 2 is 2.18 bits per heavy atom. The van der Waals surface area contributed by atoms with Crippen LogP contribution in [0.5, 0.6) is 0 Å². The molecular weight excluding hydrogens is 302 g/mol. The van der Waals surface area contributed by atoms with Crippen LogP contribution in [0.4, 0.5) is 10.5 Å². The Kier molecular flexibility index (Phi) is 4.42. The van der Waals surface area contributed by atoms with E-state index in [1.165, 1.54) is 0 Å². The molecule has 22 heavy (non-hydrogen) atoms. The van der Waals surface area contributed by atoms with Crippen molar-refractivity contribution >= 4 is 34.1 Å². The van der Waals surface area contributed by atoms with Gasteiger partial charge in [0.1, 0.15) is 6.29 Å². The number of carbonyl (C=O) groups excluding carboxylic acids is 1. The van der Waals surface area contributed by atoms with Crippen LogP contribution in [0.3, 0.4) is 0 Å². The van der Waals surface area contributed by atoms with Crippen LogP contribution >= 0.6 is 11.6 Å². The second kappa shape index (κ2) is 6.48. The summed E-state index contributed by atoms with van der Waals surface area (Å²) in [6, 6.07) is 7.52. The minimum Gasteiger partial charge on any atom is -0.310 e. The molecule has 4 N–H and O–H groups in total. The van der Waals surface area contributed by atoms with Crippen molar-refractivity contribution < 1.29 is 4.79 Å². The normalized spacial score (nSPS) is 24.9. The van der Waals surface area contributed by atoms with Crippen LogP contribution in [0, 0.1) is 0 Å². The number of rotatable bonds is 2. The molecule has 1 aliphatic rings. The number of anilines is 1. The molecule has 2 aromatic rings. The molecule has 2 heterocycles. The summed E-state index contributed by atoms with van der Waals surface area (Å²) in [5, 5.41) is 14.0. The SMILES string of the molecule is CC1CC(Cl)NC(NC(=O)Nc2ccc3cnccc3c2)N1. The van der Waals surface area contributed by atoms with Gasteiger partial charge in [0.05, 0.1) is 5.50 Å². The van der Waals surface area contributed by atoms with E-state index in [0.29, 0.717) is 0 Å². The predicted molar refractivity (Wildman–Crippen MR) is 87.7 cm³/mol. The van der Waals surface area contributed by atoms with Gasteiger partial charge in [-0.05, 0) is 36.9 Å². The van der Waals surface area contributed by atoms with E-state index in [-0.39, 0.29) is 23.9 Å². The van der Waals surface area contributed by atoms with Gasteiger partial charge in [-0.25, -0.2) is 4.79 Å². The molecule has 3 unspecified atom stereocenters. The number of pyridine rings is 1. The smallest absolute Gasteiger partial charge is 0.310 e. The van der Waals surface area contributed by atoms with Crippen molar-refractivity contribution in [1.82, 2.24) is 20.9 Å². The zero-order chi connectivity index (χ0) is 15.5. The van der Waals surface area contributed by atoms with Crippen molar-refractivity contribution in [2.24, 2.45) is 0 Å². The van der Waals surface area contributed by atoms with E-state index >= 15 is 0 Å². The number of urea groups is 1. The number of hydrogen-bond donors (Lipinski definition) is 4. The number of carbonyl (C=O) groups is 1. The lowest BCUT2D eigenvalue weighted by atomic mass is 10.1. The predicted octanol–water partition coefficient (Wildman–Crippen LogP) is 2.18. The first-order valence-corrected chi connectivity index (χ1v) is 7.61. The van der Waals surface area contributed by atoms with Crippen molar-refractivity contribution in [3.8, 4) is 0 Å². The van der Waals surface area contributed by atoms with Crippen molar-refractivity contribution in [1.29, 1.82) is 0 Å². The maximum absolute atomic E-state index is 12.1. The Labute approximate surface area is 133 Å². The molecule has 3 atom stereocenters.